The molecule has 0 bridgehead atoms. The number of benzene rings is 1. The maximum Gasteiger partial charge on any atom is 0.326 e. The van der Waals surface area contributed by atoms with Gasteiger partial charge in [-0.05, 0) is 23.8 Å². The van der Waals surface area contributed by atoms with E-state index in [1.165, 1.54) is 25.3 Å². The fraction of sp³-hybridized carbons (Fsp3) is 0.0909. The fourth-order valence-corrected chi connectivity index (χ4v) is 1.42. The second-order valence-corrected chi connectivity index (χ2v) is 3.36. The van der Waals surface area contributed by atoms with Gasteiger partial charge in [-0.15, -0.1) is 0 Å². The number of carbonyl (C=O) groups is 2. The molecule has 1 heterocycles. The summed E-state index contributed by atoms with van der Waals surface area (Å²) in [5.74, 6) is -0.954. The zero-order valence-electron chi connectivity index (χ0n) is 8.91. The molecule has 0 radical (unpaired) electrons. The largest absolute Gasteiger partial charge is 0.494 e. The highest BCUT2D eigenvalue weighted by Crippen LogP contribution is 2.19. The van der Waals surface area contributed by atoms with E-state index in [1.807, 2.05) is 5.32 Å². The summed E-state index contributed by atoms with van der Waals surface area (Å²) in [6.07, 6.45) is 1.38. The molecule has 5 nitrogen and oxygen atoms in total. The summed E-state index contributed by atoms with van der Waals surface area (Å²) in [6.45, 7) is 0. The number of carbonyl (C=O) groups excluding carboxylic acids is 2. The first-order valence-corrected chi connectivity index (χ1v) is 4.77. The van der Waals surface area contributed by atoms with E-state index < -0.39 is 17.8 Å². The molecule has 0 atom stereocenters. The topological polar surface area (TPSA) is 67.4 Å². The van der Waals surface area contributed by atoms with Gasteiger partial charge in [-0.1, -0.05) is 6.07 Å². The average molecular weight is 236 g/mol. The van der Waals surface area contributed by atoms with Crippen LogP contribution < -0.4 is 15.4 Å². The zero-order valence-corrected chi connectivity index (χ0v) is 8.91. The molecule has 2 N–H and O–H groups in total. The Morgan fingerprint density at radius 1 is 1.29 bits per heavy atom. The Bertz CT molecular complexity index is 525. The highest BCUT2D eigenvalue weighted by molar-refractivity contribution is 6.13. The predicted molar refractivity (Wildman–Crippen MR) is 57.6 cm³/mol. The van der Waals surface area contributed by atoms with E-state index in [4.69, 9.17) is 4.74 Å². The van der Waals surface area contributed by atoms with E-state index in [0.29, 0.717) is 5.56 Å². The quantitative estimate of drug-likeness (QED) is 0.595. The molecule has 1 aliphatic rings. The van der Waals surface area contributed by atoms with Crippen LogP contribution in [0.1, 0.15) is 5.56 Å². The van der Waals surface area contributed by atoms with Crippen LogP contribution in [0.4, 0.5) is 9.18 Å². The van der Waals surface area contributed by atoms with Gasteiger partial charge in [-0.2, -0.15) is 0 Å². The van der Waals surface area contributed by atoms with Gasteiger partial charge in [0.15, 0.2) is 11.6 Å². The third-order valence-corrected chi connectivity index (χ3v) is 2.21. The van der Waals surface area contributed by atoms with Crippen LogP contribution in [0, 0.1) is 5.82 Å². The van der Waals surface area contributed by atoms with E-state index in [2.05, 4.69) is 5.32 Å². The van der Waals surface area contributed by atoms with Crippen molar-refractivity contribution >= 4 is 18.0 Å². The predicted octanol–water partition coefficient (Wildman–Crippen LogP) is 1.01. The SMILES string of the molecule is COc1ccc(/C=C2\NC(=O)NC2=O)cc1F. The molecule has 0 unspecified atom stereocenters. The molecule has 1 aliphatic heterocycles. The number of halogens is 1. The van der Waals surface area contributed by atoms with Gasteiger partial charge < -0.3 is 10.1 Å². The van der Waals surface area contributed by atoms with Crippen molar-refractivity contribution in [3.05, 3.63) is 35.3 Å². The maximum absolute atomic E-state index is 13.4. The van der Waals surface area contributed by atoms with Crippen molar-refractivity contribution < 1.29 is 18.7 Å². The van der Waals surface area contributed by atoms with Crippen molar-refractivity contribution in [3.63, 3.8) is 0 Å². The second kappa shape index (κ2) is 4.25. The van der Waals surface area contributed by atoms with Gasteiger partial charge in [0, 0.05) is 0 Å². The van der Waals surface area contributed by atoms with E-state index in [0.717, 1.165) is 0 Å². The average Bonchev–Trinajstić information content (AvgIpc) is 2.58. The highest BCUT2D eigenvalue weighted by atomic mass is 19.1. The molecule has 0 saturated carbocycles. The van der Waals surface area contributed by atoms with Crippen LogP contribution in [0.2, 0.25) is 0 Å². The minimum Gasteiger partial charge on any atom is -0.494 e. The molecular weight excluding hydrogens is 227 g/mol. The summed E-state index contributed by atoms with van der Waals surface area (Å²) in [5, 5.41) is 4.36. The number of hydrogen-bond donors (Lipinski definition) is 2. The van der Waals surface area contributed by atoms with Gasteiger partial charge in [-0.25, -0.2) is 9.18 Å². The highest BCUT2D eigenvalue weighted by Gasteiger charge is 2.22. The van der Waals surface area contributed by atoms with Gasteiger partial charge in [0.25, 0.3) is 5.91 Å². The summed E-state index contributed by atoms with van der Waals surface area (Å²) in [7, 11) is 1.36. The van der Waals surface area contributed by atoms with Crippen molar-refractivity contribution in [2.75, 3.05) is 7.11 Å². The minimum absolute atomic E-state index is 0.0829. The molecule has 6 heteroatoms. The molecule has 2 rings (SSSR count). The standard InChI is InChI=1S/C11H9FN2O3/c1-17-9-3-2-6(4-7(9)12)5-8-10(15)14-11(16)13-8/h2-5H,1H3,(H2,13,14,15,16)/b8-5-. The third kappa shape index (κ3) is 2.25. The Balaban J connectivity index is 2.30. The number of methoxy groups -OCH3 is 1. The first kappa shape index (κ1) is 11.1. The lowest BCUT2D eigenvalue weighted by Gasteiger charge is -2.02. The molecule has 1 aromatic carbocycles. The van der Waals surface area contributed by atoms with Crippen molar-refractivity contribution in [3.8, 4) is 5.75 Å². The van der Waals surface area contributed by atoms with E-state index in [1.54, 1.807) is 6.07 Å². The van der Waals surface area contributed by atoms with Gasteiger partial charge in [0.2, 0.25) is 0 Å². The molecule has 0 spiro atoms. The summed E-state index contributed by atoms with van der Waals surface area (Å²) >= 11 is 0. The minimum atomic E-state index is -0.588. The van der Waals surface area contributed by atoms with Crippen LogP contribution in [0.5, 0.6) is 5.75 Å². The number of urea groups is 1. The maximum atomic E-state index is 13.4. The summed E-state index contributed by atoms with van der Waals surface area (Å²) in [6, 6.07) is 3.64. The van der Waals surface area contributed by atoms with Crippen LogP contribution in [0.25, 0.3) is 6.08 Å². The van der Waals surface area contributed by atoms with Gasteiger partial charge in [0.1, 0.15) is 5.70 Å². The molecule has 1 fully saturated rings. The normalized spacial score (nSPS) is 16.9. The Hall–Kier alpha value is -2.37. The van der Waals surface area contributed by atoms with Crippen molar-refractivity contribution in [1.82, 2.24) is 10.6 Å². The number of ether oxygens (including phenoxy) is 1. The molecule has 17 heavy (non-hydrogen) atoms. The number of imide groups is 1. The second-order valence-electron chi connectivity index (χ2n) is 3.36. The first-order chi connectivity index (χ1) is 8.10. The third-order valence-electron chi connectivity index (χ3n) is 2.21. The number of rotatable bonds is 2. The first-order valence-electron chi connectivity index (χ1n) is 4.77. The van der Waals surface area contributed by atoms with Crippen LogP contribution in [0.3, 0.4) is 0 Å². The molecule has 88 valence electrons. The summed E-state index contributed by atoms with van der Waals surface area (Å²) < 4.78 is 18.1. The molecule has 0 aromatic heterocycles. The van der Waals surface area contributed by atoms with Crippen molar-refractivity contribution in [2.24, 2.45) is 0 Å². The van der Waals surface area contributed by atoms with E-state index in [9.17, 15) is 14.0 Å². The molecule has 1 saturated heterocycles. The number of amides is 3. The molecule has 3 amide bonds. The Morgan fingerprint density at radius 3 is 2.59 bits per heavy atom. The van der Waals surface area contributed by atoms with Crippen molar-refractivity contribution in [2.45, 2.75) is 0 Å². The van der Waals surface area contributed by atoms with E-state index in [-0.39, 0.29) is 11.4 Å². The van der Waals surface area contributed by atoms with Gasteiger partial charge >= 0.3 is 6.03 Å². The van der Waals surface area contributed by atoms with Crippen LogP contribution in [-0.2, 0) is 4.79 Å². The lowest BCUT2D eigenvalue weighted by atomic mass is 10.1. The zero-order chi connectivity index (χ0) is 12.4. The lowest BCUT2D eigenvalue weighted by Crippen LogP contribution is -2.22. The summed E-state index contributed by atoms with van der Waals surface area (Å²) in [4.78, 5) is 22.1. The fourth-order valence-electron chi connectivity index (χ4n) is 1.42. The molecule has 0 aliphatic carbocycles. The van der Waals surface area contributed by atoms with Crippen LogP contribution >= 0.6 is 0 Å². The van der Waals surface area contributed by atoms with E-state index >= 15 is 0 Å². The smallest absolute Gasteiger partial charge is 0.326 e. The number of nitrogens with one attached hydrogen (secondary N) is 2. The Morgan fingerprint density at radius 2 is 2.06 bits per heavy atom. The van der Waals surface area contributed by atoms with Crippen molar-refractivity contribution in [1.29, 1.82) is 0 Å². The molecular formula is C11H9FN2O3. The molecule has 1 aromatic rings. The number of hydrogen-bond acceptors (Lipinski definition) is 3. The summed E-state index contributed by atoms with van der Waals surface area (Å²) in [5.41, 5.74) is 0.537. The van der Waals surface area contributed by atoms with Crippen LogP contribution in [-0.4, -0.2) is 19.0 Å². The Kier molecular flexibility index (Phi) is 2.78. The lowest BCUT2D eigenvalue weighted by molar-refractivity contribution is -0.115. The van der Waals surface area contributed by atoms with Crippen LogP contribution in [0.15, 0.2) is 23.9 Å². The monoisotopic (exact) mass is 236 g/mol. The van der Waals surface area contributed by atoms with Gasteiger partial charge in [0.05, 0.1) is 7.11 Å². The Labute approximate surface area is 96.3 Å². The van der Waals surface area contributed by atoms with Gasteiger partial charge in [-0.3, -0.25) is 10.1 Å².